The molecule has 0 aliphatic carbocycles. The van der Waals surface area contributed by atoms with Crippen molar-refractivity contribution in [1.82, 2.24) is 0 Å². The van der Waals surface area contributed by atoms with E-state index in [9.17, 15) is 4.39 Å². The lowest BCUT2D eigenvalue weighted by Gasteiger charge is -2.11. The Morgan fingerprint density at radius 1 is 1.17 bits per heavy atom. The standard InChI is InChI=1S/C15H14ClFO/c1-18-12-6-4-5-11(9-12)10-14(16)13-7-2-3-8-15(13)17/h2-9,14H,10H2,1H3. The van der Waals surface area contributed by atoms with Crippen LogP contribution in [0.15, 0.2) is 48.5 Å². The Kier molecular flexibility index (Phi) is 4.21. The summed E-state index contributed by atoms with van der Waals surface area (Å²) in [4.78, 5) is 0. The molecule has 2 aromatic carbocycles. The number of hydrogen-bond acceptors (Lipinski definition) is 1. The summed E-state index contributed by atoms with van der Waals surface area (Å²) in [5.74, 6) is 0.519. The second-order valence-corrected chi connectivity index (χ2v) is 4.57. The Hall–Kier alpha value is -1.54. The maximum Gasteiger partial charge on any atom is 0.127 e. The molecule has 1 unspecified atom stereocenters. The van der Waals surface area contributed by atoms with Gasteiger partial charge in [0.1, 0.15) is 11.6 Å². The highest BCUT2D eigenvalue weighted by Gasteiger charge is 2.13. The number of rotatable bonds is 4. The normalized spacial score (nSPS) is 12.2. The molecule has 0 fully saturated rings. The molecule has 2 aromatic rings. The molecule has 0 heterocycles. The average molecular weight is 265 g/mol. The van der Waals surface area contributed by atoms with Crippen LogP contribution in [0.4, 0.5) is 4.39 Å². The SMILES string of the molecule is COc1cccc(CC(Cl)c2ccccc2F)c1. The van der Waals surface area contributed by atoms with Gasteiger partial charge in [-0.2, -0.15) is 0 Å². The molecule has 0 spiro atoms. The second kappa shape index (κ2) is 5.87. The summed E-state index contributed by atoms with van der Waals surface area (Å²) >= 11 is 6.26. The molecule has 0 radical (unpaired) electrons. The minimum atomic E-state index is -0.377. The highest BCUT2D eigenvalue weighted by atomic mass is 35.5. The maximum atomic E-state index is 13.6. The topological polar surface area (TPSA) is 9.23 Å². The monoisotopic (exact) mass is 264 g/mol. The Bertz CT molecular complexity index is 527. The lowest BCUT2D eigenvalue weighted by Crippen LogP contribution is -1.99. The van der Waals surface area contributed by atoms with Crippen molar-refractivity contribution < 1.29 is 9.13 Å². The summed E-state index contributed by atoms with van der Waals surface area (Å²) in [6.45, 7) is 0. The molecule has 1 nitrogen and oxygen atoms in total. The van der Waals surface area contributed by atoms with Crippen LogP contribution in [0, 0.1) is 5.82 Å². The van der Waals surface area contributed by atoms with Gasteiger partial charge in [0.05, 0.1) is 12.5 Å². The highest BCUT2D eigenvalue weighted by molar-refractivity contribution is 6.20. The van der Waals surface area contributed by atoms with Gasteiger partial charge in [-0.15, -0.1) is 11.6 Å². The number of alkyl halides is 1. The zero-order valence-electron chi connectivity index (χ0n) is 10.1. The molecular weight excluding hydrogens is 251 g/mol. The molecule has 0 aliphatic heterocycles. The first kappa shape index (κ1) is 12.9. The molecule has 0 bridgehead atoms. The van der Waals surface area contributed by atoms with Crippen molar-refractivity contribution in [3.63, 3.8) is 0 Å². The van der Waals surface area contributed by atoms with Gasteiger partial charge in [-0.1, -0.05) is 30.3 Å². The maximum absolute atomic E-state index is 13.6. The van der Waals surface area contributed by atoms with E-state index < -0.39 is 0 Å². The molecule has 0 aromatic heterocycles. The third kappa shape index (κ3) is 3.02. The van der Waals surface area contributed by atoms with Crippen LogP contribution in [-0.4, -0.2) is 7.11 Å². The van der Waals surface area contributed by atoms with Gasteiger partial charge in [-0.25, -0.2) is 4.39 Å². The summed E-state index contributed by atoms with van der Waals surface area (Å²) in [6, 6.07) is 14.2. The average Bonchev–Trinajstić information content (AvgIpc) is 2.39. The fraction of sp³-hybridized carbons (Fsp3) is 0.200. The highest BCUT2D eigenvalue weighted by Crippen LogP contribution is 2.28. The molecular formula is C15H14ClFO. The van der Waals surface area contributed by atoms with Gasteiger partial charge >= 0.3 is 0 Å². The van der Waals surface area contributed by atoms with Crippen LogP contribution in [0.2, 0.25) is 0 Å². The van der Waals surface area contributed by atoms with Gasteiger partial charge in [-0.3, -0.25) is 0 Å². The predicted octanol–water partition coefficient (Wildman–Crippen LogP) is 4.36. The molecule has 94 valence electrons. The zero-order valence-corrected chi connectivity index (χ0v) is 10.8. The van der Waals surface area contributed by atoms with Crippen LogP contribution >= 0.6 is 11.6 Å². The summed E-state index contributed by atoms with van der Waals surface area (Å²) in [5, 5.41) is -0.377. The molecule has 2 rings (SSSR count). The van der Waals surface area contributed by atoms with Gasteiger partial charge in [0.15, 0.2) is 0 Å². The van der Waals surface area contributed by atoms with E-state index in [1.807, 2.05) is 24.3 Å². The van der Waals surface area contributed by atoms with Crippen molar-refractivity contribution in [1.29, 1.82) is 0 Å². The van der Waals surface area contributed by atoms with Gasteiger partial charge in [0, 0.05) is 5.56 Å². The van der Waals surface area contributed by atoms with Crippen molar-refractivity contribution in [2.45, 2.75) is 11.8 Å². The smallest absolute Gasteiger partial charge is 0.127 e. The molecule has 0 saturated heterocycles. The summed E-state index contributed by atoms with van der Waals surface area (Å²) < 4.78 is 18.7. The third-order valence-electron chi connectivity index (χ3n) is 2.79. The summed E-state index contributed by atoms with van der Waals surface area (Å²) in [7, 11) is 1.62. The predicted molar refractivity (Wildman–Crippen MR) is 71.7 cm³/mol. The molecule has 1 atom stereocenters. The van der Waals surface area contributed by atoms with Crippen LogP contribution in [0.1, 0.15) is 16.5 Å². The third-order valence-corrected chi connectivity index (χ3v) is 3.18. The Labute approximate surface area is 111 Å². The number of methoxy groups -OCH3 is 1. The van der Waals surface area contributed by atoms with Crippen LogP contribution in [0.3, 0.4) is 0 Å². The minimum Gasteiger partial charge on any atom is -0.497 e. The lowest BCUT2D eigenvalue weighted by atomic mass is 10.0. The van der Waals surface area contributed by atoms with E-state index in [1.165, 1.54) is 6.07 Å². The van der Waals surface area contributed by atoms with E-state index in [2.05, 4.69) is 0 Å². The van der Waals surface area contributed by atoms with Crippen molar-refractivity contribution in [3.05, 3.63) is 65.5 Å². The number of hydrogen-bond donors (Lipinski definition) is 0. The van der Waals surface area contributed by atoms with Gasteiger partial charge in [-0.05, 0) is 30.2 Å². The quantitative estimate of drug-likeness (QED) is 0.746. The van der Waals surface area contributed by atoms with E-state index in [1.54, 1.807) is 25.3 Å². The molecule has 0 N–H and O–H groups in total. The second-order valence-electron chi connectivity index (χ2n) is 4.04. The van der Waals surface area contributed by atoms with Crippen LogP contribution in [0.25, 0.3) is 0 Å². The van der Waals surface area contributed by atoms with E-state index in [4.69, 9.17) is 16.3 Å². The number of ether oxygens (including phenoxy) is 1. The van der Waals surface area contributed by atoms with Crippen molar-refractivity contribution in [2.24, 2.45) is 0 Å². The fourth-order valence-corrected chi connectivity index (χ4v) is 2.20. The summed E-state index contributed by atoms with van der Waals surface area (Å²) in [5.41, 5.74) is 1.56. The lowest BCUT2D eigenvalue weighted by molar-refractivity contribution is 0.414. The van der Waals surface area contributed by atoms with Crippen LogP contribution < -0.4 is 4.74 Å². The molecule has 3 heteroatoms. The first-order valence-corrected chi connectivity index (χ1v) is 6.16. The summed E-state index contributed by atoms with van der Waals surface area (Å²) in [6.07, 6.45) is 0.569. The molecule has 0 saturated carbocycles. The fourth-order valence-electron chi connectivity index (χ4n) is 1.85. The van der Waals surface area contributed by atoms with Crippen molar-refractivity contribution >= 4 is 11.6 Å². The first-order valence-electron chi connectivity index (χ1n) is 5.72. The molecule has 0 aliphatic rings. The molecule has 18 heavy (non-hydrogen) atoms. The number of halogens is 2. The first-order chi connectivity index (χ1) is 8.70. The Morgan fingerprint density at radius 3 is 2.67 bits per heavy atom. The van der Waals surface area contributed by atoms with Crippen LogP contribution in [-0.2, 0) is 6.42 Å². The zero-order chi connectivity index (χ0) is 13.0. The van der Waals surface area contributed by atoms with Gasteiger partial charge in [0.25, 0.3) is 0 Å². The van der Waals surface area contributed by atoms with E-state index in [0.717, 1.165) is 11.3 Å². The van der Waals surface area contributed by atoms with E-state index in [0.29, 0.717) is 12.0 Å². The van der Waals surface area contributed by atoms with E-state index in [-0.39, 0.29) is 11.2 Å². The van der Waals surface area contributed by atoms with Crippen molar-refractivity contribution in [3.8, 4) is 5.75 Å². The molecule has 0 amide bonds. The largest absolute Gasteiger partial charge is 0.497 e. The number of benzene rings is 2. The van der Waals surface area contributed by atoms with Crippen molar-refractivity contribution in [2.75, 3.05) is 7.11 Å². The van der Waals surface area contributed by atoms with Gasteiger partial charge in [0.2, 0.25) is 0 Å². The Balaban J connectivity index is 2.16. The van der Waals surface area contributed by atoms with E-state index >= 15 is 0 Å². The van der Waals surface area contributed by atoms with Crippen LogP contribution in [0.5, 0.6) is 5.75 Å². The Morgan fingerprint density at radius 2 is 1.94 bits per heavy atom. The van der Waals surface area contributed by atoms with Gasteiger partial charge < -0.3 is 4.74 Å². The minimum absolute atomic E-state index is 0.264.